The summed E-state index contributed by atoms with van der Waals surface area (Å²) in [6, 6.07) is 17.0. The van der Waals surface area contributed by atoms with Crippen LogP contribution in [0.3, 0.4) is 0 Å². The fourth-order valence-corrected chi connectivity index (χ4v) is 4.68. The maximum atomic E-state index is 13.3. The third-order valence-electron chi connectivity index (χ3n) is 4.21. The van der Waals surface area contributed by atoms with Gasteiger partial charge in [-0.05, 0) is 61.0 Å². The molecule has 0 bridgehead atoms. The number of hydrogen-bond acceptors (Lipinski definition) is 5. The maximum absolute atomic E-state index is 13.3. The smallest absolute Gasteiger partial charge is 0.268 e. The molecule has 0 radical (unpaired) electrons. The molecule has 0 spiro atoms. The molecule has 28 heavy (non-hydrogen) atoms. The maximum Gasteiger partial charge on any atom is 0.271 e. The van der Waals surface area contributed by atoms with Crippen LogP contribution in [-0.4, -0.2) is 16.1 Å². The van der Waals surface area contributed by atoms with Gasteiger partial charge in [-0.2, -0.15) is 4.99 Å². The molecule has 1 aliphatic rings. The summed E-state index contributed by atoms with van der Waals surface area (Å²) >= 11 is 8.84. The van der Waals surface area contributed by atoms with Crippen LogP contribution in [0.25, 0.3) is 5.57 Å². The van der Waals surface area contributed by atoms with E-state index in [1.165, 1.54) is 23.1 Å². The van der Waals surface area contributed by atoms with Gasteiger partial charge in [0.15, 0.2) is 5.17 Å². The number of amidine groups is 1. The van der Waals surface area contributed by atoms with E-state index in [0.717, 1.165) is 22.5 Å². The third kappa shape index (κ3) is 3.76. The lowest BCUT2D eigenvalue weighted by molar-refractivity contribution is -0.113. The van der Waals surface area contributed by atoms with Gasteiger partial charge in [0.25, 0.3) is 5.91 Å². The molecule has 1 aromatic heterocycles. The first kappa shape index (κ1) is 18.9. The Morgan fingerprint density at radius 3 is 2.46 bits per heavy atom. The summed E-state index contributed by atoms with van der Waals surface area (Å²) in [4.78, 5) is 24.7. The van der Waals surface area contributed by atoms with Gasteiger partial charge < -0.3 is 0 Å². The summed E-state index contributed by atoms with van der Waals surface area (Å²) in [5.41, 5.74) is 3.55. The molecule has 0 saturated carbocycles. The van der Waals surface area contributed by atoms with Crippen molar-refractivity contribution in [2.75, 3.05) is 4.90 Å². The standard InChI is InChI=1S/C21H16ClN3OS2/c1-13-12-27-20(23-13)24-21-25(17-6-4-3-5-7-17)19(26)18(28-21)14(2)15-8-10-16(22)11-9-15/h3-12H,1-2H3/b18-14-,24-21+. The van der Waals surface area contributed by atoms with Gasteiger partial charge in [-0.15, -0.1) is 11.3 Å². The van der Waals surface area contributed by atoms with E-state index in [1.54, 1.807) is 4.90 Å². The molecule has 1 amide bonds. The van der Waals surface area contributed by atoms with Gasteiger partial charge in [-0.3, -0.25) is 9.69 Å². The highest BCUT2D eigenvalue weighted by Gasteiger charge is 2.36. The second kappa shape index (κ2) is 7.91. The highest BCUT2D eigenvalue weighted by molar-refractivity contribution is 8.19. The lowest BCUT2D eigenvalue weighted by Gasteiger charge is -2.15. The number of carbonyl (C=O) groups is 1. The zero-order chi connectivity index (χ0) is 19.7. The third-order valence-corrected chi connectivity index (χ3v) is 6.46. The van der Waals surface area contributed by atoms with Crippen LogP contribution in [-0.2, 0) is 4.79 Å². The van der Waals surface area contributed by atoms with Crippen LogP contribution in [0.4, 0.5) is 10.8 Å². The molecule has 2 heterocycles. The highest BCUT2D eigenvalue weighted by atomic mass is 35.5. The monoisotopic (exact) mass is 425 g/mol. The minimum atomic E-state index is -0.0873. The summed E-state index contributed by atoms with van der Waals surface area (Å²) in [5, 5.41) is 3.86. The van der Waals surface area contributed by atoms with E-state index in [2.05, 4.69) is 9.98 Å². The van der Waals surface area contributed by atoms with Crippen LogP contribution >= 0.6 is 34.7 Å². The van der Waals surface area contributed by atoms with E-state index in [4.69, 9.17) is 11.6 Å². The summed E-state index contributed by atoms with van der Waals surface area (Å²) in [6.07, 6.45) is 0. The van der Waals surface area contributed by atoms with Gasteiger partial charge in [0.2, 0.25) is 5.13 Å². The SMILES string of the molecule is C/C(=C1/S/C(=N/c2nc(C)cs2)N(c2ccccc2)C1=O)c1ccc(Cl)cc1. The van der Waals surface area contributed by atoms with Gasteiger partial charge in [0, 0.05) is 10.4 Å². The lowest BCUT2D eigenvalue weighted by atomic mass is 10.1. The number of aryl methyl sites for hydroxylation is 1. The number of benzene rings is 2. The second-order valence-electron chi connectivity index (χ2n) is 6.21. The predicted molar refractivity (Wildman–Crippen MR) is 120 cm³/mol. The van der Waals surface area contributed by atoms with Crippen molar-refractivity contribution in [1.82, 2.24) is 4.98 Å². The number of rotatable bonds is 3. The van der Waals surface area contributed by atoms with Crippen LogP contribution in [0.1, 0.15) is 18.2 Å². The Labute approximate surface area is 176 Å². The number of aliphatic imine (C=N–C) groups is 1. The van der Waals surface area contributed by atoms with Crippen molar-refractivity contribution >= 4 is 62.2 Å². The zero-order valence-electron chi connectivity index (χ0n) is 15.2. The van der Waals surface area contributed by atoms with Crippen LogP contribution in [0.5, 0.6) is 0 Å². The molecular formula is C21H16ClN3OS2. The van der Waals surface area contributed by atoms with Crippen LogP contribution < -0.4 is 4.90 Å². The Hall–Kier alpha value is -2.41. The molecule has 0 atom stereocenters. The normalized spacial score (nSPS) is 17.5. The number of anilines is 1. The van der Waals surface area contributed by atoms with Crippen molar-refractivity contribution in [3.63, 3.8) is 0 Å². The molecule has 1 aliphatic heterocycles. The molecule has 1 fully saturated rings. The molecule has 1 saturated heterocycles. The summed E-state index contributed by atoms with van der Waals surface area (Å²) in [6.45, 7) is 3.88. The fraction of sp³-hybridized carbons (Fsp3) is 0.0952. The molecule has 140 valence electrons. The second-order valence-corrected chi connectivity index (χ2v) is 8.46. The molecule has 0 unspecified atom stereocenters. The predicted octanol–water partition coefficient (Wildman–Crippen LogP) is 6.30. The molecule has 0 N–H and O–H groups in total. The number of thioether (sulfide) groups is 1. The topological polar surface area (TPSA) is 45.6 Å². The van der Waals surface area contributed by atoms with Gasteiger partial charge in [0.05, 0.1) is 16.3 Å². The van der Waals surface area contributed by atoms with E-state index >= 15 is 0 Å². The molecule has 4 rings (SSSR count). The summed E-state index contributed by atoms with van der Waals surface area (Å²) in [7, 11) is 0. The number of carbonyl (C=O) groups excluding carboxylic acids is 1. The lowest BCUT2D eigenvalue weighted by Crippen LogP contribution is -2.28. The Morgan fingerprint density at radius 2 is 1.82 bits per heavy atom. The number of allylic oxidation sites excluding steroid dienone is 1. The van der Waals surface area contributed by atoms with Gasteiger partial charge in [-0.25, -0.2) is 4.98 Å². The van der Waals surface area contributed by atoms with Crippen molar-refractivity contribution in [3.05, 3.63) is 81.2 Å². The molecule has 3 aromatic rings. The molecule has 4 nitrogen and oxygen atoms in total. The van der Waals surface area contributed by atoms with E-state index in [-0.39, 0.29) is 5.91 Å². The molecule has 0 aliphatic carbocycles. The van der Waals surface area contributed by atoms with Crippen molar-refractivity contribution in [2.45, 2.75) is 13.8 Å². The minimum absolute atomic E-state index is 0.0873. The summed E-state index contributed by atoms with van der Waals surface area (Å²) < 4.78 is 0. The quantitative estimate of drug-likeness (QED) is 0.462. The minimum Gasteiger partial charge on any atom is -0.268 e. The van der Waals surface area contributed by atoms with Crippen molar-refractivity contribution < 1.29 is 4.79 Å². The molecule has 2 aromatic carbocycles. The Kier molecular flexibility index (Phi) is 5.35. The molecular weight excluding hydrogens is 410 g/mol. The number of thiazole rings is 1. The zero-order valence-corrected chi connectivity index (χ0v) is 17.6. The van der Waals surface area contributed by atoms with E-state index in [0.29, 0.717) is 20.2 Å². The van der Waals surface area contributed by atoms with Crippen LogP contribution in [0, 0.1) is 6.92 Å². The Bertz CT molecular complexity index is 1090. The largest absolute Gasteiger partial charge is 0.271 e. The van der Waals surface area contributed by atoms with Crippen molar-refractivity contribution in [3.8, 4) is 0 Å². The van der Waals surface area contributed by atoms with Crippen molar-refractivity contribution in [2.24, 2.45) is 4.99 Å². The van der Waals surface area contributed by atoms with Gasteiger partial charge in [0.1, 0.15) is 0 Å². The number of nitrogens with zero attached hydrogens (tertiary/aromatic N) is 3. The highest BCUT2D eigenvalue weighted by Crippen LogP contribution is 2.40. The van der Waals surface area contributed by atoms with E-state index < -0.39 is 0 Å². The summed E-state index contributed by atoms with van der Waals surface area (Å²) in [5.74, 6) is -0.0873. The Balaban J connectivity index is 1.81. The van der Waals surface area contributed by atoms with Crippen molar-refractivity contribution in [1.29, 1.82) is 0 Å². The number of amides is 1. The number of halogens is 1. The average molecular weight is 426 g/mol. The number of hydrogen-bond donors (Lipinski definition) is 0. The first-order valence-electron chi connectivity index (χ1n) is 8.58. The van der Waals surface area contributed by atoms with E-state index in [1.807, 2.05) is 73.8 Å². The first-order valence-corrected chi connectivity index (χ1v) is 10.7. The van der Waals surface area contributed by atoms with E-state index in [9.17, 15) is 4.79 Å². The first-order chi connectivity index (χ1) is 13.5. The van der Waals surface area contributed by atoms with Gasteiger partial charge >= 0.3 is 0 Å². The average Bonchev–Trinajstić information content (AvgIpc) is 3.25. The Morgan fingerprint density at radius 1 is 1.11 bits per heavy atom. The molecule has 7 heteroatoms. The van der Waals surface area contributed by atoms with Crippen LogP contribution in [0.15, 0.2) is 69.9 Å². The van der Waals surface area contributed by atoms with Gasteiger partial charge in [-0.1, -0.05) is 41.9 Å². The number of aromatic nitrogens is 1. The number of para-hydroxylation sites is 1. The van der Waals surface area contributed by atoms with Crippen LogP contribution in [0.2, 0.25) is 5.02 Å². The fourth-order valence-electron chi connectivity index (χ4n) is 2.79.